The molecular weight excluding hydrogens is 170 g/mol. The van der Waals surface area contributed by atoms with Crippen LogP contribution in [0.15, 0.2) is 11.6 Å². The molecule has 0 heterocycles. The standard InChI is InChI=1S/C9H15NO3/c1-4-10(6-9(12)13)8(11)5-7(2)3/h5H,4,6H2,1-3H3,(H,12,13). The summed E-state index contributed by atoms with van der Waals surface area (Å²) >= 11 is 0. The smallest absolute Gasteiger partial charge is 0.323 e. The Labute approximate surface area is 77.8 Å². The number of carboxylic acid groups (broad SMARTS) is 1. The van der Waals surface area contributed by atoms with E-state index in [9.17, 15) is 9.59 Å². The van der Waals surface area contributed by atoms with Gasteiger partial charge < -0.3 is 10.0 Å². The molecule has 0 radical (unpaired) electrons. The number of carboxylic acids is 1. The molecule has 0 aromatic carbocycles. The van der Waals surface area contributed by atoms with Crippen molar-refractivity contribution >= 4 is 11.9 Å². The van der Waals surface area contributed by atoms with Crippen molar-refractivity contribution in [2.75, 3.05) is 13.1 Å². The number of hydrogen-bond acceptors (Lipinski definition) is 2. The van der Waals surface area contributed by atoms with Crippen LogP contribution >= 0.6 is 0 Å². The quantitative estimate of drug-likeness (QED) is 0.661. The molecule has 4 nitrogen and oxygen atoms in total. The van der Waals surface area contributed by atoms with Gasteiger partial charge in [0.2, 0.25) is 5.91 Å². The minimum atomic E-state index is -0.989. The fraction of sp³-hybridized carbons (Fsp3) is 0.556. The Morgan fingerprint density at radius 1 is 1.38 bits per heavy atom. The lowest BCUT2D eigenvalue weighted by atomic mass is 10.3. The highest BCUT2D eigenvalue weighted by Gasteiger charge is 2.11. The average Bonchev–Trinajstić information content (AvgIpc) is 1.98. The van der Waals surface area contributed by atoms with E-state index in [4.69, 9.17) is 5.11 Å². The maximum absolute atomic E-state index is 11.3. The number of carbonyl (C=O) groups is 2. The number of likely N-dealkylation sites (N-methyl/N-ethyl adjacent to an activating group) is 1. The van der Waals surface area contributed by atoms with E-state index in [2.05, 4.69) is 0 Å². The van der Waals surface area contributed by atoms with Crippen LogP contribution in [0.5, 0.6) is 0 Å². The fourth-order valence-corrected chi connectivity index (χ4v) is 0.847. The van der Waals surface area contributed by atoms with E-state index < -0.39 is 5.97 Å². The Hall–Kier alpha value is -1.32. The molecule has 0 aliphatic carbocycles. The lowest BCUT2D eigenvalue weighted by molar-refractivity contribution is -0.142. The van der Waals surface area contributed by atoms with Gasteiger partial charge in [-0.2, -0.15) is 0 Å². The van der Waals surface area contributed by atoms with Crippen LogP contribution in [0.4, 0.5) is 0 Å². The third-order valence-electron chi connectivity index (χ3n) is 1.43. The SMILES string of the molecule is CCN(CC(=O)O)C(=O)C=C(C)C. The summed E-state index contributed by atoms with van der Waals surface area (Å²) < 4.78 is 0. The number of rotatable bonds is 4. The molecule has 0 fully saturated rings. The zero-order chi connectivity index (χ0) is 10.4. The van der Waals surface area contributed by atoms with E-state index in [1.165, 1.54) is 11.0 Å². The molecule has 0 aromatic rings. The molecule has 1 N–H and O–H groups in total. The number of carbonyl (C=O) groups excluding carboxylic acids is 1. The van der Waals surface area contributed by atoms with Gasteiger partial charge in [-0.15, -0.1) is 0 Å². The van der Waals surface area contributed by atoms with Gasteiger partial charge in [-0.3, -0.25) is 9.59 Å². The molecule has 0 saturated carbocycles. The Morgan fingerprint density at radius 3 is 2.23 bits per heavy atom. The summed E-state index contributed by atoms with van der Waals surface area (Å²) in [6, 6.07) is 0. The molecule has 0 unspecified atom stereocenters. The Bertz CT molecular complexity index is 229. The lowest BCUT2D eigenvalue weighted by Crippen LogP contribution is -2.34. The summed E-state index contributed by atoms with van der Waals surface area (Å²) in [5, 5.41) is 8.48. The minimum Gasteiger partial charge on any atom is -0.480 e. The second kappa shape index (κ2) is 5.35. The highest BCUT2D eigenvalue weighted by Crippen LogP contribution is 1.95. The Morgan fingerprint density at radius 2 is 1.92 bits per heavy atom. The normalized spacial score (nSPS) is 9.15. The number of aliphatic carboxylic acids is 1. The summed E-state index contributed by atoms with van der Waals surface area (Å²) in [6.07, 6.45) is 1.44. The fourth-order valence-electron chi connectivity index (χ4n) is 0.847. The van der Waals surface area contributed by atoms with Crippen molar-refractivity contribution in [3.8, 4) is 0 Å². The van der Waals surface area contributed by atoms with Crippen LogP contribution in [0.3, 0.4) is 0 Å². The number of amides is 1. The van der Waals surface area contributed by atoms with Crippen LogP contribution in [0.25, 0.3) is 0 Å². The summed E-state index contributed by atoms with van der Waals surface area (Å²) in [5.74, 6) is -1.23. The molecule has 0 aromatic heterocycles. The first-order valence-corrected chi connectivity index (χ1v) is 4.13. The van der Waals surface area contributed by atoms with Crippen molar-refractivity contribution in [3.05, 3.63) is 11.6 Å². The molecule has 13 heavy (non-hydrogen) atoms. The van der Waals surface area contributed by atoms with E-state index in [0.29, 0.717) is 6.54 Å². The first-order chi connectivity index (χ1) is 5.97. The van der Waals surface area contributed by atoms with Gasteiger partial charge in [0.25, 0.3) is 0 Å². The van der Waals surface area contributed by atoms with Crippen LogP contribution in [0, 0.1) is 0 Å². The first-order valence-electron chi connectivity index (χ1n) is 4.13. The topological polar surface area (TPSA) is 57.6 Å². The first kappa shape index (κ1) is 11.7. The molecule has 0 atom stereocenters. The van der Waals surface area contributed by atoms with Crippen molar-refractivity contribution in [3.63, 3.8) is 0 Å². The zero-order valence-electron chi connectivity index (χ0n) is 8.20. The summed E-state index contributed by atoms with van der Waals surface area (Å²) in [5.41, 5.74) is 0.869. The second-order valence-electron chi connectivity index (χ2n) is 2.97. The molecule has 0 rings (SSSR count). The van der Waals surface area contributed by atoms with Gasteiger partial charge >= 0.3 is 5.97 Å². The van der Waals surface area contributed by atoms with Gasteiger partial charge in [0.05, 0.1) is 0 Å². The number of hydrogen-bond donors (Lipinski definition) is 1. The largest absolute Gasteiger partial charge is 0.480 e. The second-order valence-corrected chi connectivity index (χ2v) is 2.97. The molecule has 4 heteroatoms. The van der Waals surface area contributed by atoms with E-state index in [0.717, 1.165) is 5.57 Å². The molecule has 0 spiro atoms. The zero-order valence-corrected chi connectivity index (χ0v) is 8.20. The lowest BCUT2D eigenvalue weighted by Gasteiger charge is -2.16. The van der Waals surface area contributed by atoms with Crippen LogP contribution in [-0.2, 0) is 9.59 Å². The van der Waals surface area contributed by atoms with Gasteiger partial charge in [-0.05, 0) is 20.8 Å². The Kier molecular flexibility index (Phi) is 4.80. The van der Waals surface area contributed by atoms with Gasteiger partial charge in [0, 0.05) is 12.6 Å². The molecule has 0 bridgehead atoms. The van der Waals surface area contributed by atoms with E-state index in [1.54, 1.807) is 20.8 Å². The van der Waals surface area contributed by atoms with E-state index >= 15 is 0 Å². The number of nitrogens with zero attached hydrogens (tertiary/aromatic N) is 1. The van der Waals surface area contributed by atoms with Crippen LogP contribution in [0.2, 0.25) is 0 Å². The molecule has 0 aliphatic rings. The van der Waals surface area contributed by atoms with Gasteiger partial charge in [-0.1, -0.05) is 5.57 Å². The predicted octanol–water partition coefficient (Wildman–Crippen LogP) is 0.886. The number of allylic oxidation sites excluding steroid dienone is 1. The maximum Gasteiger partial charge on any atom is 0.323 e. The molecule has 0 aliphatic heterocycles. The highest BCUT2D eigenvalue weighted by molar-refractivity contribution is 5.90. The van der Waals surface area contributed by atoms with Gasteiger partial charge in [-0.25, -0.2) is 0 Å². The summed E-state index contributed by atoms with van der Waals surface area (Å²) in [4.78, 5) is 22.9. The van der Waals surface area contributed by atoms with Crippen LogP contribution < -0.4 is 0 Å². The van der Waals surface area contributed by atoms with Crippen molar-refractivity contribution in [2.24, 2.45) is 0 Å². The van der Waals surface area contributed by atoms with Crippen LogP contribution in [-0.4, -0.2) is 35.0 Å². The van der Waals surface area contributed by atoms with Gasteiger partial charge in [0.1, 0.15) is 6.54 Å². The van der Waals surface area contributed by atoms with Crippen LogP contribution in [0.1, 0.15) is 20.8 Å². The highest BCUT2D eigenvalue weighted by atomic mass is 16.4. The van der Waals surface area contributed by atoms with Crippen molar-refractivity contribution in [1.82, 2.24) is 4.90 Å². The summed E-state index contributed by atoms with van der Waals surface area (Å²) in [6.45, 7) is 5.52. The molecule has 1 amide bonds. The third kappa shape index (κ3) is 5.00. The maximum atomic E-state index is 11.3. The van der Waals surface area contributed by atoms with E-state index in [1.807, 2.05) is 0 Å². The Balaban J connectivity index is 4.32. The average molecular weight is 185 g/mol. The van der Waals surface area contributed by atoms with Crippen molar-refractivity contribution < 1.29 is 14.7 Å². The van der Waals surface area contributed by atoms with E-state index in [-0.39, 0.29) is 12.5 Å². The molecule has 0 saturated heterocycles. The van der Waals surface area contributed by atoms with Crippen molar-refractivity contribution in [2.45, 2.75) is 20.8 Å². The minimum absolute atomic E-state index is 0.237. The molecule has 74 valence electrons. The third-order valence-corrected chi connectivity index (χ3v) is 1.43. The van der Waals surface area contributed by atoms with Gasteiger partial charge in [0.15, 0.2) is 0 Å². The van der Waals surface area contributed by atoms with Crippen molar-refractivity contribution in [1.29, 1.82) is 0 Å². The summed E-state index contributed by atoms with van der Waals surface area (Å²) in [7, 11) is 0. The molecular formula is C9H15NO3. The monoisotopic (exact) mass is 185 g/mol. The predicted molar refractivity (Wildman–Crippen MR) is 49.3 cm³/mol.